The van der Waals surface area contributed by atoms with Gasteiger partial charge in [-0.1, -0.05) is 18.2 Å². The molecule has 2 aromatic rings. The zero-order valence-electron chi connectivity index (χ0n) is 25.5. The molecule has 6 radical (unpaired) electrons. The summed E-state index contributed by atoms with van der Waals surface area (Å²) < 4.78 is 21.2. The fourth-order valence-corrected chi connectivity index (χ4v) is 5.59. The SMILES string of the molecule is [B]C(CCC=O)(C(=O)NC)N(C=O)C(O)(O)c1c(C)cccc1NC(O)(O)c1ccc(C([B])([B])N2CC(C)OC(C)C2)cc1F. The fraction of sp³-hybridized carbons (Fsp3) is 0.483. The normalized spacial score (nSPS) is 19.3. The number of morpholine rings is 1. The maximum Gasteiger partial charge on any atom is 0.279 e. The Hall–Kier alpha value is -3.27. The van der Waals surface area contributed by atoms with E-state index in [2.05, 4.69) is 10.6 Å². The van der Waals surface area contributed by atoms with Gasteiger partial charge < -0.3 is 45.5 Å². The highest BCUT2D eigenvalue weighted by Gasteiger charge is 2.50. The summed E-state index contributed by atoms with van der Waals surface area (Å²) >= 11 is 0. The van der Waals surface area contributed by atoms with Crippen molar-refractivity contribution in [2.75, 3.05) is 25.5 Å². The minimum absolute atomic E-state index is 0.0862. The molecule has 1 heterocycles. The van der Waals surface area contributed by atoms with Gasteiger partial charge in [0.15, 0.2) is 0 Å². The molecule has 0 aromatic heterocycles. The van der Waals surface area contributed by atoms with Crippen molar-refractivity contribution < 1.29 is 43.9 Å². The Morgan fingerprint density at radius 3 is 2.27 bits per heavy atom. The van der Waals surface area contributed by atoms with Crippen LogP contribution in [0.5, 0.6) is 0 Å². The topological polar surface area (TPSA) is 172 Å². The molecule has 2 amide bonds. The Balaban J connectivity index is 2.03. The van der Waals surface area contributed by atoms with Crippen LogP contribution in [0.1, 0.15) is 48.9 Å². The van der Waals surface area contributed by atoms with Gasteiger partial charge >= 0.3 is 0 Å². The number of carbonyl (C=O) groups is 3. The minimum Gasteiger partial charge on any atom is -0.373 e. The van der Waals surface area contributed by atoms with Gasteiger partial charge in [-0.15, -0.1) is 0 Å². The monoisotopic (exact) mass is 620 g/mol. The van der Waals surface area contributed by atoms with E-state index < -0.39 is 57.6 Å². The number of nitrogens with one attached hydrogen (secondary N) is 2. The van der Waals surface area contributed by atoms with Crippen LogP contribution in [-0.2, 0) is 36.3 Å². The highest BCUT2D eigenvalue weighted by molar-refractivity contribution is 6.39. The third kappa shape index (κ3) is 7.26. The molecule has 3 rings (SSSR count). The minimum atomic E-state index is -3.37. The van der Waals surface area contributed by atoms with Gasteiger partial charge in [0, 0.05) is 32.2 Å². The van der Waals surface area contributed by atoms with E-state index in [0.29, 0.717) is 19.4 Å². The van der Waals surface area contributed by atoms with E-state index in [-0.39, 0.29) is 41.1 Å². The summed E-state index contributed by atoms with van der Waals surface area (Å²) in [6, 6.07) is 7.31. The number of amides is 2. The number of rotatable bonds is 13. The lowest BCUT2D eigenvalue weighted by Crippen LogP contribution is -2.65. The van der Waals surface area contributed by atoms with Crippen LogP contribution < -0.4 is 10.6 Å². The summed E-state index contributed by atoms with van der Waals surface area (Å²) in [5, 5.41) is 47.7. The van der Waals surface area contributed by atoms with Gasteiger partial charge in [-0.2, -0.15) is 0 Å². The lowest BCUT2D eigenvalue weighted by molar-refractivity contribution is -0.275. The third-order valence-corrected chi connectivity index (χ3v) is 7.80. The van der Waals surface area contributed by atoms with E-state index in [9.17, 15) is 34.8 Å². The number of carbonyl (C=O) groups excluding carboxylic acids is 3. The highest BCUT2D eigenvalue weighted by Crippen LogP contribution is 2.38. The van der Waals surface area contributed by atoms with Crippen molar-refractivity contribution in [3.05, 3.63) is 64.5 Å². The van der Waals surface area contributed by atoms with Gasteiger partial charge in [0.05, 0.1) is 44.5 Å². The summed E-state index contributed by atoms with van der Waals surface area (Å²) in [6.45, 7) is 5.82. The number of likely N-dealkylation sites (N-methyl/N-ethyl adjacent to an activating group) is 1. The van der Waals surface area contributed by atoms with Crippen molar-refractivity contribution >= 4 is 47.8 Å². The quantitative estimate of drug-likeness (QED) is 0.0932. The number of halogens is 1. The number of hydrogen-bond donors (Lipinski definition) is 6. The first-order valence-electron chi connectivity index (χ1n) is 14.1. The molecule has 0 aliphatic carbocycles. The van der Waals surface area contributed by atoms with Gasteiger partial charge in [0.2, 0.25) is 12.3 Å². The second kappa shape index (κ2) is 13.6. The first kappa shape index (κ1) is 36.2. The van der Waals surface area contributed by atoms with Gasteiger partial charge in [0.1, 0.15) is 19.9 Å². The lowest BCUT2D eigenvalue weighted by atomic mass is 9.56. The molecular formula is C29H36B3FN4O8. The second-order valence-electron chi connectivity index (χ2n) is 11.3. The summed E-state index contributed by atoms with van der Waals surface area (Å²) in [7, 11) is 20.2. The summed E-state index contributed by atoms with van der Waals surface area (Å²) in [5.74, 6) is -8.69. The van der Waals surface area contributed by atoms with E-state index in [4.69, 9.17) is 28.3 Å². The molecule has 0 spiro atoms. The Labute approximate surface area is 265 Å². The second-order valence-corrected chi connectivity index (χ2v) is 11.3. The molecule has 16 heteroatoms. The number of ether oxygens (including phenoxy) is 1. The molecule has 1 fully saturated rings. The highest BCUT2D eigenvalue weighted by atomic mass is 19.1. The van der Waals surface area contributed by atoms with Gasteiger partial charge in [-0.25, -0.2) is 4.39 Å². The van der Waals surface area contributed by atoms with Crippen molar-refractivity contribution in [1.29, 1.82) is 0 Å². The molecule has 2 aromatic carbocycles. The summed E-state index contributed by atoms with van der Waals surface area (Å²) in [6.07, 6.45) is -0.874. The maximum absolute atomic E-state index is 15.5. The van der Waals surface area contributed by atoms with Crippen LogP contribution in [0.15, 0.2) is 36.4 Å². The standard InChI is InChI=1S/C29H36B3FN4O8/c1-17-7-5-8-23(24(17)29(43,44)37(16-39)26(30,11-6-12-38)25(40)34-4)35-28(41,42)21-10-9-20(13-22(21)33)27(31,32)36-14-18(2)45-19(3)15-36/h5,7-10,12-13,16,18-19,35,41-44H,6,11,14-15H2,1-4H3,(H,34,40). The van der Waals surface area contributed by atoms with E-state index >= 15 is 4.39 Å². The maximum atomic E-state index is 15.5. The molecule has 1 aliphatic heterocycles. The van der Waals surface area contributed by atoms with Crippen molar-refractivity contribution in [2.24, 2.45) is 0 Å². The number of anilines is 1. The van der Waals surface area contributed by atoms with Gasteiger partial charge in [-0.05, 0) is 61.9 Å². The number of aldehydes is 1. The molecular weight excluding hydrogens is 584 g/mol. The van der Waals surface area contributed by atoms with Crippen molar-refractivity contribution in [1.82, 2.24) is 15.1 Å². The molecule has 236 valence electrons. The Morgan fingerprint density at radius 2 is 1.73 bits per heavy atom. The number of aliphatic hydroxyl groups is 4. The van der Waals surface area contributed by atoms with Crippen molar-refractivity contribution in [3.8, 4) is 0 Å². The first-order chi connectivity index (χ1) is 20.9. The zero-order valence-corrected chi connectivity index (χ0v) is 25.5. The van der Waals surface area contributed by atoms with Crippen LogP contribution in [-0.4, -0.2) is 110 Å². The van der Waals surface area contributed by atoms with Crippen LogP contribution >= 0.6 is 0 Å². The molecule has 12 nitrogen and oxygen atoms in total. The molecule has 0 saturated carbocycles. The largest absolute Gasteiger partial charge is 0.373 e. The lowest BCUT2D eigenvalue weighted by Gasteiger charge is -2.46. The van der Waals surface area contributed by atoms with Crippen LogP contribution in [0.2, 0.25) is 0 Å². The van der Waals surface area contributed by atoms with Crippen LogP contribution in [0.25, 0.3) is 0 Å². The van der Waals surface area contributed by atoms with Crippen LogP contribution in [0, 0.1) is 12.7 Å². The molecule has 45 heavy (non-hydrogen) atoms. The summed E-state index contributed by atoms with van der Waals surface area (Å²) in [4.78, 5) is 38.0. The van der Waals surface area contributed by atoms with Crippen LogP contribution in [0.3, 0.4) is 0 Å². The predicted molar refractivity (Wildman–Crippen MR) is 164 cm³/mol. The van der Waals surface area contributed by atoms with E-state index in [1.165, 1.54) is 38.2 Å². The molecule has 1 aliphatic rings. The van der Waals surface area contributed by atoms with Crippen molar-refractivity contribution in [2.45, 2.75) is 68.4 Å². The van der Waals surface area contributed by atoms with Gasteiger partial charge in [-0.3, -0.25) is 14.5 Å². The molecule has 3 unspecified atom stereocenters. The Bertz CT molecular complexity index is 1410. The fourth-order valence-electron chi connectivity index (χ4n) is 5.59. The van der Waals surface area contributed by atoms with E-state index in [0.717, 1.165) is 12.1 Å². The van der Waals surface area contributed by atoms with Crippen LogP contribution in [0.4, 0.5) is 10.1 Å². The number of hydrogen-bond acceptors (Lipinski definition) is 10. The molecule has 3 atom stereocenters. The zero-order chi connectivity index (χ0) is 34.0. The molecule has 1 saturated heterocycles. The number of benzene rings is 2. The smallest absolute Gasteiger partial charge is 0.279 e. The number of nitrogens with zero attached hydrogens (tertiary/aromatic N) is 2. The Morgan fingerprint density at radius 1 is 1.11 bits per heavy atom. The van der Waals surface area contributed by atoms with Gasteiger partial charge in [0.25, 0.3) is 11.8 Å². The van der Waals surface area contributed by atoms with E-state index in [1.54, 1.807) is 4.90 Å². The first-order valence-corrected chi connectivity index (χ1v) is 14.1. The predicted octanol–water partition coefficient (Wildman–Crippen LogP) is -0.959. The van der Waals surface area contributed by atoms with Crippen molar-refractivity contribution in [3.63, 3.8) is 0 Å². The van der Waals surface area contributed by atoms with E-state index in [1.807, 2.05) is 13.8 Å². The molecule has 6 N–H and O–H groups in total. The average Bonchev–Trinajstić information content (AvgIpc) is 2.94. The Kier molecular flexibility index (Phi) is 11.0. The average molecular weight is 620 g/mol. The number of aryl methyl sites for hydroxylation is 1. The summed E-state index contributed by atoms with van der Waals surface area (Å²) in [5.41, 5.74) is -3.83. The molecule has 0 bridgehead atoms. The third-order valence-electron chi connectivity index (χ3n) is 7.80.